The summed E-state index contributed by atoms with van der Waals surface area (Å²) >= 11 is 0. The Balaban J connectivity index is 1.46. The number of benzene rings is 1. The van der Waals surface area contributed by atoms with E-state index in [4.69, 9.17) is 4.74 Å². The fraction of sp³-hybridized carbons (Fsp3) is 0.583. The van der Waals surface area contributed by atoms with Crippen LogP contribution in [0.4, 0.5) is 14.6 Å². The molecular weight excluding hydrogens is 414 g/mol. The first-order valence-electron chi connectivity index (χ1n) is 11.3. The predicted molar refractivity (Wildman–Crippen MR) is 119 cm³/mol. The number of alkyl halides is 2. The number of hydrogen-bond acceptors (Lipinski definition) is 4. The lowest BCUT2D eigenvalue weighted by molar-refractivity contribution is -0.147. The number of hydrogen-bond donors (Lipinski definition) is 1. The molecule has 2 aliphatic rings. The SMILES string of the molecule is Cc1ccc(OC(C)(C)C(=O)N2CCCC([C@@H]3C[C@H](C(F)F)n4nc(C)cc4N3)C2)cc1. The van der Waals surface area contributed by atoms with E-state index >= 15 is 0 Å². The van der Waals surface area contributed by atoms with E-state index in [-0.39, 0.29) is 17.9 Å². The number of ether oxygens (including phenoxy) is 1. The average molecular weight is 447 g/mol. The van der Waals surface area contributed by atoms with Crippen molar-refractivity contribution in [2.45, 2.75) is 71.1 Å². The molecular formula is C24H32F2N4O2. The molecule has 1 aromatic carbocycles. The van der Waals surface area contributed by atoms with Crippen molar-refractivity contribution < 1.29 is 18.3 Å². The Morgan fingerprint density at radius 2 is 1.97 bits per heavy atom. The minimum absolute atomic E-state index is 0.0788. The molecule has 0 aliphatic carbocycles. The molecule has 1 amide bonds. The van der Waals surface area contributed by atoms with Crippen LogP contribution >= 0.6 is 0 Å². The molecule has 1 unspecified atom stereocenters. The fourth-order valence-corrected chi connectivity index (χ4v) is 4.85. The lowest BCUT2D eigenvalue weighted by Crippen LogP contribution is -2.54. The van der Waals surface area contributed by atoms with Gasteiger partial charge in [-0.2, -0.15) is 5.10 Å². The second kappa shape index (κ2) is 8.71. The lowest BCUT2D eigenvalue weighted by atomic mass is 9.85. The standard InChI is InChI=1S/C24H32F2N4O2/c1-15-7-9-18(10-8-15)32-24(3,4)23(31)29-11-5-6-17(14-29)19-13-20(22(25)26)30-21(27-19)12-16(2)28-30/h7-10,12,17,19-20,22,27H,5-6,11,13-14H2,1-4H3/t17?,19-,20+/m0/s1. The molecule has 0 bridgehead atoms. The van der Waals surface area contributed by atoms with Gasteiger partial charge in [-0.05, 0) is 65.0 Å². The molecule has 0 saturated carbocycles. The highest BCUT2D eigenvalue weighted by molar-refractivity contribution is 5.85. The van der Waals surface area contributed by atoms with E-state index < -0.39 is 18.1 Å². The number of fused-ring (bicyclic) bond motifs is 1. The smallest absolute Gasteiger partial charge is 0.266 e. The number of halogens is 2. The summed E-state index contributed by atoms with van der Waals surface area (Å²) in [6.07, 6.45) is -0.459. The first-order chi connectivity index (χ1) is 15.1. The molecule has 1 fully saturated rings. The number of likely N-dealkylation sites (tertiary alicyclic amines) is 1. The highest BCUT2D eigenvalue weighted by Crippen LogP contribution is 2.37. The molecule has 0 spiro atoms. The summed E-state index contributed by atoms with van der Waals surface area (Å²) in [6, 6.07) is 8.37. The minimum Gasteiger partial charge on any atom is -0.478 e. The number of aryl methyl sites for hydroxylation is 2. The molecule has 8 heteroatoms. The number of anilines is 1. The van der Waals surface area contributed by atoms with Gasteiger partial charge in [0.05, 0.1) is 5.69 Å². The molecule has 1 saturated heterocycles. The molecule has 4 rings (SSSR count). The monoisotopic (exact) mass is 446 g/mol. The van der Waals surface area contributed by atoms with E-state index in [0.29, 0.717) is 36.8 Å². The third-order valence-electron chi connectivity index (χ3n) is 6.51. The Morgan fingerprint density at radius 3 is 2.66 bits per heavy atom. The summed E-state index contributed by atoms with van der Waals surface area (Å²) in [4.78, 5) is 15.2. The van der Waals surface area contributed by atoms with Crippen LogP contribution in [0.1, 0.15) is 50.4 Å². The largest absolute Gasteiger partial charge is 0.478 e. The van der Waals surface area contributed by atoms with Crippen LogP contribution in [0.2, 0.25) is 0 Å². The van der Waals surface area contributed by atoms with Gasteiger partial charge in [0.15, 0.2) is 5.60 Å². The van der Waals surface area contributed by atoms with Gasteiger partial charge in [-0.3, -0.25) is 4.79 Å². The summed E-state index contributed by atoms with van der Waals surface area (Å²) < 4.78 is 35.0. The van der Waals surface area contributed by atoms with Crippen molar-refractivity contribution in [1.82, 2.24) is 14.7 Å². The third-order valence-corrected chi connectivity index (χ3v) is 6.51. The molecule has 2 aromatic rings. The quantitative estimate of drug-likeness (QED) is 0.730. The molecule has 3 atom stereocenters. The topological polar surface area (TPSA) is 59.4 Å². The van der Waals surface area contributed by atoms with Crippen LogP contribution in [0.5, 0.6) is 5.75 Å². The number of aromatic nitrogens is 2. The van der Waals surface area contributed by atoms with Crippen molar-refractivity contribution in [3.63, 3.8) is 0 Å². The van der Waals surface area contributed by atoms with Gasteiger partial charge in [-0.25, -0.2) is 13.5 Å². The van der Waals surface area contributed by atoms with Crippen LogP contribution in [0.15, 0.2) is 30.3 Å². The second-order valence-electron chi connectivity index (χ2n) is 9.58. The van der Waals surface area contributed by atoms with Crippen molar-refractivity contribution in [3.05, 3.63) is 41.6 Å². The van der Waals surface area contributed by atoms with Crippen LogP contribution in [-0.4, -0.2) is 51.7 Å². The predicted octanol–water partition coefficient (Wildman–Crippen LogP) is 4.59. The van der Waals surface area contributed by atoms with Gasteiger partial charge >= 0.3 is 0 Å². The third kappa shape index (κ3) is 4.59. The van der Waals surface area contributed by atoms with Crippen LogP contribution in [0.25, 0.3) is 0 Å². The van der Waals surface area contributed by atoms with Gasteiger partial charge in [0.1, 0.15) is 17.6 Å². The number of rotatable bonds is 5. The van der Waals surface area contributed by atoms with Gasteiger partial charge in [0.2, 0.25) is 0 Å². The first kappa shape index (κ1) is 22.6. The highest BCUT2D eigenvalue weighted by Gasteiger charge is 2.41. The summed E-state index contributed by atoms with van der Waals surface area (Å²) in [5.41, 5.74) is 0.825. The van der Waals surface area contributed by atoms with E-state index in [0.717, 1.165) is 18.4 Å². The summed E-state index contributed by atoms with van der Waals surface area (Å²) in [5, 5.41) is 7.66. The number of amides is 1. The first-order valence-corrected chi connectivity index (χ1v) is 11.3. The molecule has 1 N–H and O–H groups in total. The minimum atomic E-state index is -2.49. The van der Waals surface area contributed by atoms with Crippen LogP contribution in [-0.2, 0) is 4.79 Å². The zero-order valence-electron chi connectivity index (χ0n) is 19.1. The Morgan fingerprint density at radius 1 is 1.25 bits per heavy atom. The Bertz CT molecular complexity index is 957. The van der Waals surface area contributed by atoms with Gasteiger partial charge in [-0.1, -0.05) is 17.7 Å². The van der Waals surface area contributed by atoms with Crippen molar-refractivity contribution in [2.24, 2.45) is 5.92 Å². The van der Waals surface area contributed by atoms with Gasteiger partial charge in [0.25, 0.3) is 12.3 Å². The van der Waals surface area contributed by atoms with E-state index in [1.54, 1.807) is 13.8 Å². The maximum Gasteiger partial charge on any atom is 0.266 e. The summed E-state index contributed by atoms with van der Waals surface area (Å²) in [6.45, 7) is 8.55. The number of carbonyl (C=O) groups excluding carboxylic acids is 1. The van der Waals surface area contributed by atoms with Crippen molar-refractivity contribution in [2.75, 3.05) is 18.4 Å². The normalized spacial score (nSPS) is 23.6. The fourth-order valence-electron chi connectivity index (χ4n) is 4.85. The second-order valence-corrected chi connectivity index (χ2v) is 9.58. The summed E-state index contributed by atoms with van der Waals surface area (Å²) in [7, 11) is 0. The van der Waals surface area contributed by atoms with E-state index in [9.17, 15) is 13.6 Å². The lowest BCUT2D eigenvalue weighted by Gasteiger charge is -2.42. The van der Waals surface area contributed by atoms with E-state index in [1.807, 2.05) is 49.1 Å². The molecule has 32 heavy (non-hydrogen) atoms. The molecule has 0 radical (unpaired) electrons. The van der Waals surface area contributed by atoms with Crippen LogP contribution in [0, 0.1) is 19.8 Å². The Kier molecular flexibility index (Phi) is 6.14. The van der Waals surface area contributed by atoms with E-state index in [1.165, 1.54) is 4.68 Å². The number of nitrogens with one attached hydrogen (secondary N) is 1. The van der Waals surface area contributed by atoms with E-state index in [2.05, 4.69) is 10.4 Å². The van der Waals surface area contributed by atoms with Crippen LogP contribution in [0.3, 0.4) is 0 Å². The van der Waals surface area contributed by atoms with Crippen molar-refractivity contribution in [3.8, 4) is 5.75 Å². The van der Waals surface area contributed by atoms with Crippen molar-refractivity contribution in [1.29, 1.82) is 0 Å². The Hall–Kier alpha value is -2.64. The molecule has 2 aliphatic heterocycles. The maximum atomic E-state index is 13.8. The van der Waals surface area contributed by atoms with Gasteiger partial charge < -0.3 is 15.0 Å². The zero-order chi connectivity index (χ0) is 23.0. The number of carbonyl (C=O) groups is 1. The van der Waals surface area contributed by atoms with Crippen LogP contribution < -0.4 is 10.1 Å². The highest BCUT2D eigenvalue weighted by atomic mass is 19.3. The maximum absolute atomic E-state index is 13.8. The van der Waals surface area contributed by atoms with Gasteiger partial charge in [-0.15, -0.1) is 0 Å². The van der Waals surface area contributed by atoms with Crippen molar-refractivity contribution >= 4 is 11.7 Å². The molecule has 1 aromatic heterocycles. The number of piperidine rings is 1. The molecule has 174 valence electrons. The van der Waals surface area contributed by atoms with Gasteiger partial charge in [0, 0.05) is 25.2 Å². The Labute approximate surface area is 187 Å². The summed E-state index contributed by atoms with van der Waals surface area (Å²) in [5.74, 6) is 1.30. The number of nitrogens with zero attached hydrogens (tertiary/aromatic N) is 3. The average Bonchev–Trinajstić information content (AvgIpc) is 3.14. The zero-order valence-corrected chi connectivity index (χ0v) is 19.1. The molecule has 6 nitrogen and oxygen atoms in total. The molecule has 3 heterocycles.